The van der Waals surface area contributed by atoms with Crippen molar-refractivity contribution in [1.82, 2.24) is 0 Å². The maximum absolute atomic E-state index is 4.88. The summed E-state index contributed by atoms with van der Waals surface area (Å²) < 4.78 is 4.88. The molecule has 0 aromatic carbocycles. The zero-order chi connectivity index (χ0) is 4.28. The zero-order valence-corrected chi connectivity index (χ0v) is 6.66. The molecule has 5 heavy (non-hydrogen) atoms. The van der Waals surface area contributed by atoms with Gasteiger partial charge >= 0.3 is 42.2 Å². The van der Waals surface area contributed by atoms with Crippen LogP contribution in [0.2, 0.25) is 0 Å². The van der Waals surface area contributed by atoms with Crippen molar-refractivity contribution in [2.75, 3.05) is 0 Å². The minimum absolute atomic E-state index is 0.440. The van der Waals surface area contributed by atoms with Crippen LogP contribution in [0.15, 0.2) is 0 Å². The minimum atomic E-state index is 0.440. The third-order valence-electron chi connectivity index (χ3n) is 0.333. The molecule has 2 heteroatoms. The molecule has 0 N–H and O–H groups in total. The molecule has 0 aliphatic carbocycles. The molecule has 0 spiro atoms. The molecule has 27 valence electrons. The Morgan fingerprint density at radius 3 is 1.80 bits per heavy atom. The molecule has 0 heterocycles. The van der Waals surface area contributed by atoms with Gasteiger partial charge in [0.1, 0.15) is 0 Å². The van der Waals surface area contributed by atoms with Gasteiger partial charge in [-0.2, -0.15) is 0 Å². The molecule has 0 saturated carbocycles. The fraction of sp³-hybridized carbons (Fsp3) is 1.00. The molecule has 0 aliphatic heterocycles. The van der Waals surface area contributed by atoms with Crippen molar-refractivity contribution in [2.45, 2.75) is 20.0 Å². The van der Waals surface area contributed by atoms with Crippen LogP contribution in [0.3, 0.4) is 0 Å². The molecule has 0 atom stereocenters. The van der Waals surface area contributed by atoms with Crippen LogP contribution in [0.5, 0.6) is 0 Å². The summed E-state index contributed by atoms with van der Waals surface area (Å²) in [5.74, 6) is 0. The van der Waals surface area contributed by atoms with E-state index >= 15 is 0 Å². The summed E-state index contributed by atoms with van der Waals surface area (Å²) in [6.07, 6.45) is 0.440. The van der Waals surface area contributed by atoms with Gasteiger partial charge in [-0.1, -0.05) is 0 Å². The molecule has 0 fully saturated rings. The summed E-state index contributed by atoms with van der Waals surface area (Å²) in [7, 11) is 0. The fourth-order valence-electron chi connectivity index (χ4n) is 0. The van der Waals surface area contributed by atoms with Gasteiger partial charge < -0.3 is 0 Å². The summed E-state index contributed by atoms with van der Waals surface area (Å²) in [4.78, 5) is 0. The Bertz CT molecular complexity index is 20.9. The molecule has 0 aromatic rings. The molecule has 0 amide bonds. The van der Waals surface area contributed by atoms with E-state index in [-0.39, 0.29) is 0 Å². The van der Waals surface area contributed by atoms with Crippen molar-refractivity contribution in [3.8, 4) is 0 Å². The molecule has 0 saturated heterocycles. The SMILES string of the molecule is CC(C)[O][Zn]. The van der Waals surface area contributed by atoms with Crippen molar-refractivity contribution >= 4 is 0 Å². The van der Waals surface area contributed by atoms with E-state index in [1.165, 1.54) is 0 Å². The molecular formula is C3H7OZn. The molecule has 1 nitrogen and oxygen atoms in total. The van der Waals surface area contributed by atoms with Gasteiger partial charge in [-0.15, -0.1) is 0 Å². The number of hydrogen-bond acceptors (Lipinski definition) is 1. The van der Waals surface area contributed by atoms with Gasteiger partial charge in [-0.05, 0) is 0 Å². The first-order chi connectivity index (χ1) is 2.27. The van der Waals surface area contributed by atoms with Crippen molar-refractivity contribution in [3.63, 3.8) is 0 Å². The summed E-state index contributed by atoms with van der Waals surface area (Å²) >= 11 is 0.956. The average molecular weight is 124 g/mol. The summed E-state index contributed by atoms with van der Waals surface area (Å²) in [5, 5.41) is 0. The zero-order valence-electron chi connectivity index (χ0n) is 3.69. The number of rotatable bonds is 1. The Labute approximate surface area is 42.8 Å². The first kappa shape index (κ1) is 5.58. The van der Waals surface area contributed by atoms with Crippen molar-refractivity contribution in [2.24, 2.45) is 0 Å². The van der Waals surface area contributed by atoms with Gasteiger partial charge in [0.05, 0.1) is 0 Å². The third kappa shape index (κ3) is 4.58. The third-order valence-corrected chi connectivity index (χ3v) is 1.73. The second-order valence-corrected chi connectivity index (χ2v) is 1.91. The number of hydrogen-bond donors (Lipinski definition) is 0. The molecule has 0 radical (unpaired) electrons. The van der Waals surface area contributed by atoms with Crippen molar-refractivity contribution in [1.29, 1.82) is 0 Å². The molecule has 0 unspecified atom stereocenters. The quantitative estimate of drug-likeness (QED) is 0.472. The van der Waals surface area contributed by atoms with E-state index in [9.17, 15) is 0 Å². The predicted molar refractivity (Wildman–Crippen MR) is 16.2 cm³/mol. The van der Waals surface area contributed by atoms with Gasteiger partial charge in [0, 0.05) is 0 Å². The standard InChI is InChI=1S/C3H7O.Zn/c1-3(2)4;/h3H,1-2H3;/q-1;+1. The molecule has 0 aliphatic rings. The van der Waals surface area contributed by atoms with E-state index in [2.05, 4.69) is 0 Å². The summed E-state index contributed by atoms with van der Waals surface area (Å²) in [6.45, 7) is 4.06. The van der Waals surface area contributed by atoms with Gasteiger partial charge in [0.2, 0.25) is 0 Å². The van der Waals surface area contributed by atoms with E-state index in [1.807, 2.05) is 13.8 Å². The first-order valence-electron chi connectivity index (χ1n) is 1.68. The maximum atomic E-state index is 4.88. The van der Waals surface area contributed by atoms with Crippen molar-refractivity contribution < 1.29 is 22.2 Å². The second-order valence-electron chi connectivity index (χ2n) is 1.22. The van der Waals surface area contributed by atoms with Crippen LogP contribution >= 0.6 is 0 Å². The molecular weight excluding hydrogens is 117 g/mol. The summed E-state index contributed by atoms with van der Waals surface area (Å²) in [6, 6.07) is 0. The molecule has 0 rings (SSSR count). The van der Waals surface area contributed by atoms with E-state index in [4.69, 9.17) is 3.56 Å². The van der Waals surface area contributed by atoms with Crippen LogP contribution in [0.4, 0.5) is 0 Å². The second kappa shape index (κ2) is 2.80. The van der Waals surface area contributed by atoms with E-state index in [1.54, 1.807) is 0 Å². The monoisotopic (exact) mass is 123 g/mol. The van der Waals surface area contributed by atoms with Crippen LogP contribution < -0.4 is 0 Å². The van der Waals surface area contributed by atoms with Gasteiger partial charge in [0.25, 0.3) is 0 Å². The van der Waals surface area contributed by atoms with Crippen molar-refractivity contribution in [3.05, 3.63) is 0 Å². The van der Waals surface area contributed by atoms with Crippen LogP contribution in [0, 0.1) is 0 Å². The molecule has 0 bridgehead atoms. The Morgan fingerprint density at radius 2 is 1.80 bits per heavy atom. The van der Waals surface area contributed by atoms with Gasteiger partial charge in [-0.25, -0.2) is 0 Å². The van der Waals surface area contributed by atoms with Gasteiger partial charge in [0.15, 0.2) is 0 Å². The normalized spacial score (nSPS) is 9.80. The van der Waals surface area contributed by atoms with E-state index < -0.39 is 0 Å². The van der Waals surface area contributed by atoms with Gasteiger partial charge in [-0.3, -0.25) is 0 Å². The molecule has 0 aromatic heterocycles. The topological polar surface area (TPSA) is 9.23 Å². The van der Waals surface area contributed by atoms with E-state index in [0.29, 0.717) is 6.10 Å². The van der Waals surface area contributed by atoms with Crippen LogP contribution in [-0.4, -0.2) is 6.10 Å². The predicted octanol–water partition coefficient (Wildman–Crippen LogP) is 0.873. The van der Waals surface area contributed by atoms with E-state index in [0.717, 1.165) is 18.7 Å². The Kier molecular flexibility index (Phi) is 3.13. The Hall–Kier alpha value is 0.583. The van der Waals surface area contributed by atoms with Crippen LogP contribution in [-0.2, 0) is 22.2 Å². The summed E-state index contributed by atoms with van der Waals surface area (Å²) in [5.41, 5.74) is 0. The Morgan fingerprint density at radius 1 is 1.60 bits per heavy atom. The average Bonchev–Trinajstić information content (AvgIpc) is 1.38. The van der Waals surface area contributed by atoms with Crippen LogP contribution in [0.1, 0.15) is 13.8 Å². The first-order valence-corrected chi connectivity index (χ1v) is 2.89. The van der Waals surface area contributed by atoms with Crippen LogP contribution in [0.25, 0.3) is 0 Å². The fourth-order valence-corrected chi connectivity index (χ4v) is 0. The Balaban J connectivity index is 2.54.